The van der Waals surface area contributed by atoms with Gasteiger partial charge in [-0.3, -0.25) is 0 Å². The first kappa shape index (κ1) is 32.7. The quantitative estimate of drug-likeness (QED) is 0.212. The van der Waals surface area contributed by atoms with Crippen LogP contribution in [0.5, 0.6) is 0 Å². The van der Waals surface area contributed by atoms with Gasteiger partial charge in [-0.05, 0) is 84.6 Å². The summed E-state index contributed by atoms with van der Waals surface area (Å²) in [6.07, 6.45) is 20.2. The van der Waals surface area contributed by atoms with Crippen LogP contribution in [0.25, 0.3) is 0 Å². The van der Waals surface area contributed by atoms with Crippen molar-refractivity contribution >= 4 is 25.1 Å². The van der Waals surface area contributed by atoms with E-state index >= 15 is 0 Å². The van der Waals surface area contributed by atoms with Gasteiger partial charge in [0, 0.05) is 0 Å². The van der Waals surface area contributed by atoms with E-state index < -0.39 is 28.9 Å². The normalized spacial score (nSPS) is 38.4. The van der Waals surface area contributed by atoms with E-state index in [0.29, 0.717) is 0 Å². The predicted octanol–water partition coefficient (Wildman–Crippen LogP) is 11.2. The molecular formula is C29H56Cl2SiZr. The van der Waals surface area contributed by atoms with Crippen LogP contribution in [-0.4, -0.2) is 8.07 Å². The maximum absolute atomic E-state index is 4.93. The van der Waals surface area contributed by atoms with E-state index in [4.69, 9.17) is 17.0 Å². The summed E-state index contributed by atoms with van der Waals surface area (Å²) in [6, 6.07) is 0. The summed E-state index contributed by atoms with van der Waals surface area (Å²) >= 11 is -0.826. The van der Waals surface area contributed by atoms with Gasteiger partial charge in [-0.1, -0.05) is 85.2 Å². The zero-order valence-electron chi connectivity index (χ0n) is 23.1. The Kier molecular flexibility index (Phi) is 15.0. The molecule has 9 atom stereocenters. The first-order valence-electron chi connectivity index (χ1n) is 13.8. The van der Waals surface area contributed by atoms with Crippen molar-refractivity contribution in [3.8, 4) is 0 Å². The van der Waals surface area contributed by atoms with Crippen molar-refractivity contribution in [3.63, 3.8) is 0 Å². The zero-order chi connectivity index (χ0) is 22.6. The summed E-state index contributed by atoms with van der Waals surface area (Å²) < 4.78 is 0. The second-order valence-corrected chi connectivity index (χ2v) is 21.5. The van der Waals surface area contributed by atoms with Crippen molar-refractivity contribution in [3.05, 3.63) is 14.9 Å². The number of halogens is 2. The van der Waals surface area contributed by atoms with Gasteiger partial charge < -0.3 is 14.9 Å². The van der Waals surface area contributed by atoms with Crippen LogP contribution in [-0.2, 0) is 20.8 Å². The molecule has 4 saturated carbocycles. The molecule has 33 heavy (non-hydrogen) atoms. The van der Waals surface area contributed by atoms with Gasteiger partial charge >= 0.3 is 37.9 Å². The fourth-order valence-corrected chi connectivity index (χ4v) is 15.0. The fraction of sp³-hybridized carbons (Fsp3) is 0.931. The molecule has 0 aromatic heterocycles. The van der Waals surface area contributed by atoms with E-state index in [1.54, 1.807) is 64.2 Å². The molecule has 0 bridgehead atoms. The zero-order valence-corrected chi connectivity index (χ0v) is 28.1. The van der Waals surface area contributed by atoms with Crippen molar-refractivity contribution in [1.29, 1.82) is 0 Å². The summed E-state index contributed by atoms with van der Waals surface area (Å²) in [7, 11) is 8.66. The Bertz CT molecular complexity index is 542. The molecule has 4 fully saturated rings. The fourth-order valence-electron chi connectivity index (χ4n) is 9.48. The van der Waals surface area contributed by atoms with Gasteiger partial charge in [0.05, 0.1) is 8.07 Å². The van der Waals surface area contributed by atoms with E-state index in [1.807, 2.05) is 0 Å². The molecule has 0 aromatic carbocycles. The molecule has 4 rings (SSSR count). The van der Waals surface area contributed by atoms with E-state index in [2.05, 4.69) is 33.9 Å². The average molecular weight is 595 g/mol. The minimum atomic E-state index is -1.21. The molecule has 0 radical (unpaired) electrons. The van der Waals surface area contributed by atoms with E-state index in [-0.39, 0.29) is 14.9 Å². The molecule has 0 saturated heterocycles. The monoisotopic (exact) mass is 592 g/mol. The van der Waals surface area contributed by atoms with Crippen LogP contribution in [0.4, 0.5) is 0 Å². The molecule has 4 heteroatoms. The minimum absolute atomic E-state index is 0. The molecule has 0 aliphatic heterocycles. The standard InChI is InChI=1S/C27H50Si.2CH3.2ClH.Zr/c1-6-11-19(2)16-21-18-27(25-15-10-8-13-23(21)25)28(4,5)26-17-20(3)22-12-7-9-14-24(22)26;;;;;/h19-27H,6-18H2,1-5H3;2*1H3;2*1H;/q;2*-1;;;+4/p-2. The third-order valence-electron chi connectivity index (χ3n) is 10.7. The molecule has 0 amide bonds. The molecule has 0 heterocycles. The molecule has 9 unspecified atom stereocenters. The van der Waals surface area contributed by atoms with Gasteiger partial charge in [0.2, 0.25) is 0 Å². The Morgan fingerprint density at radius 2 is 1.27 bits per heavy atom. The van der Waals surface area contributed by atoms with E-state index in [9.17, 15) is 0 Å². The first-order chi connectivity index (χ1) is 14.8. The Morgan fingerprint density at radius 3 is 1.82 bits per heavy atom. The number of hydrogen-bond acceptors (Lipinski definition) is 0. The summed E-state index contributed by atoms with van der Waals surface area (Å²) in [4.78, 5) is 0. The molecular weight excluding hydrogens is 539 g/mol. The van der Waals surface area contributed by atoms with Crippen molar-refractivity contribution in [2.24, 2.45) is 41.4 Å². The van der Waals surface area contributed by atoms with Gasteiger partial charge in [-0.25, -0.2) is 0 Å². The Hall–Kier alpha value is 1.68. The Labute approximate surface area is 229 Å². The second kappa shape index (κ2) is 15.2. The molecule has 4 aliphatic carbocycles. The van der Waals surface area contributed by atoms with Gasteiger partial charge in [0.1, 0.15) is 0 Å². The van der Waals surface area contributed by atoms with Crippen LogP contribution in [0.3, 0.4) is 0 Å². The van der Waals surface area contributed by atoms with Crippen LogP contribution >= 0.6 is 17.0 Å². The molecule has 0 aromatic rings. The molecule has 0 spiro atoms. The van der Waals surface area contributed by atoms with Gasteiger partial charge in [-0.2, -0.15) is 0 Å². The number of fused-ring (bicyclic) bond motifs is 2. The van der Waals surface area contributed by atoms with Crippen molar-refractivity contribution < 1.29 is 20.8 Å². The third kappa shape index (κ3) is 7.60. The second-order valence-electron chi connectivity index (χ2n) is 12.7. The molecule has 0 N–H and O–H groups in total. The molecule has 4 aliphatic rings. The predicted molar refractivity (Wildman–Crippen MR) is 151 cm³/mol. The Balaban J connectivity index is 0.00000103. The Morgan fingerprint density at radius 1 is 0.818 bits per heavy atom. The third-order valence-corrected chi connectivity index (χ3v) is 15.9. The van der Waals surface area contributed by atoms with Crippen LogP contribution in [0.15, 0.2) is 0 Å². The summed E-state index contributed by atoms with van der Waals surface area (Å²) in [5, 5.41) is 0. The van der Waals surface area contributed by atoms with E-state index in [1.165, 1.54) is 19.3 Å². The average Bonchev–Trinajstić information content (AvgIpc) is 3.28. The van der Waals surface area contributed by atoms with Gasteiger partial charge in [-0.15, -0.1) is 0 Å². The topological polar surface area (TPSA) is 0 Å². The maximum atomic E-state index is 4.93. The van der Waals surface area contributed by atoms with Crippen molar-refractivity contribution in [2.45, 2.75) is 128 Å². The van der Waals surface area contributed by atoms with Crippen molar-refractivity contribution in [2.75, 3.05) is 0 Å². The molecule has 194 valence electrons. The summed E-state index contributed by atoms with van der Waals surface area (Å²) in [5.74, 6) is 7.57. The van der Waals surface area contributed by atoms with Gasteiger partial charge in [0.25, 0.3) is 0 Å². The van der Waals surface area contributed by atoms with Crippen LogP contribution in [0, 0.1) is 56.3 Å². The summed E-state index contributed by atoms with van der Waals surface area (Å²) in [5.41, 5.74) is 2.32. The van der Waals surface area contributed by atoms with E-state index in [0.717, 1.165) is 52.5 Å². The van der Waals surface area contributed by atoms with Crippen LogP contribution in [0.1, 0.15) is 104 Å². The van der Waals surface area contributed by atoms with Gasteiger partial charge in [0.15, 0.2) is 0 Å². The number of rotatable bonds is 6. The SMILES string of the molecule is CCCC(C)CC1CC([Si](C)(C)C2CC(C)C3CCCCC32)C2CCCCC12.[CH3-].[CH3-].[Cl][Zr+2][Cl]. The first-order valence-corrected chi connectivity index (χ1v) is 23.3. The van der Waals surface area contributed by atoms with Crippen LogP contribution < -0.4 is 0 Å². The number of hydrogen-bond donors (Lipinski definition) is 0. The van der Waals surface area contributed by atoms with Crippen molar-refractivity contribution in [1.82, 2.24) is 0 Å². The van der Waals surface area contributed by atoms with Crippen LogP contribution in [0.2, 0.25) is 24.2 Å². The summed E-state index contributed by atoms with van der Waals surface area (Å²) in [6.45, 7) is 13.3. The molecule has 0 nitrogen and oxygen atoms in total.